The molecular weight excluding hydrogens is 498 g/mol. The molecule has 0 saturated carbocycles. The Morgan fingerprint density at radius 2 is 1.95 bits per heavy atom. The van der Waals surface area contributed by atoms with Crippen molar-refractivity contribution < 1.29 is 4.74 Å². The van der Waals surface area contributed by atoms with Crippen molar-refractivity contribution in [3.05, 3.63) is 41.3 Å². The summed E-state index contributed by atoms with van der Waals surface area (Å²) in [6.45, 7) is 14.7. The standard InChI is InChI=1S/C27H39N7OSSi/c1-8-9-10-22-21(17-33(4)32-22)20-15-24-23(28-16-20)11-12-25(29-24)34(18-35-13-14-37(5,6)7)27-31-30-26(36-27)19(2)3/h11-12,15-17,19H,8-10,13-14,18H2,1-7H3. The van der Waals surface area contributed by atoms with Crippen molar-refractivity contribution in [3.8, 4) is 11.1 Å². The van der Waals surface area contributed by atoms with Gasteiger partial charge in [-0.3, -0.25) is 14.6 Å². The fourth-order valence-electron chi connectivity index (χ4n) is 3.92. The minimum atomic E-state index is -1.18. The second-order valence-corrected chi connectivity index (χ2v) is 17.7. The molecule has 10 heteroatoms. The lowest BCUT2D eigenvalue weighted by molar-refractivity contribution is 0.153. The maximum atomic E-state index is 6.14. The lowest BCUT2D eigenvalue weighted by Crippen LogP contribution is -2.26. The van der Waals surface area contributed by atoms with Gasteiger partial charge >= 0.3 is 0 Å². The van der Waals surface area contributed by atoms with Crippen LogP contribution in [0.2, 0.25) is 25.7 Å². The lowest BCUT2D eigenvalue weighted by Gasteiger charge is -2.22. The van der Waals surface area contributed by atoms with Crippen molar-refractivity contribution in [1.82, 2.24) is 29.9 Å². The highest BCUT2D eigenvalue weighted by Gasteiger charge is 2.20. The summed E-state index contributed by atoms with van der Waals surface area (Å²) in [4.78, 5) is 11.8. The first-order chi connectivity index (χ1) is 17.6. The van der Waals surface area contributed by atoms with Gasteiger partial charge in [-0.05, 0) is 37.1 Å². The third-order valence-corrected chi connectivity index (χ3v) is 9.11. The molecule has 198 valence electrons. The first kappa shape index (κ1) is 27.3. The predicted octanol–water partition coefficient (Wildman–Crippen LogP) is 6.80. The molecule has 0 aliphatic heterocycles. The van der Waals surface area contributed by atoms with Crippen molar-refractivity contribution in [3.63, 3.8) is 0 Å². The van der Waals surface area contributed by atoms with Crippen LogP contribution in [0.15, 0.2) is 30.6 Å². The van der Waals surface area contributed by atoms with Gasteiger partial charge < -0.3 is 4.74 Å². The van der Waals surface area contributed by atoms with Crippen LogP contribution in [0, 0.1) is 0 Å². The van der Waals surface area contributed by atoms with Gasteiger partial charge in [0.2, 0.25) is 5.13 Å². The second-order valence-electron chi connectivity index (χ2n) is 11.1. The number of anilines is 2. The number of rotatable bonds is 12. The van der Waals surface area contributed by atoms with E-state index in [1.54, 1.807) is 11.3 Å². The molecule has 0 radical (unpaired) electrons. The van der Waals surface area contributed by atoms with Crippen LogP contribution in [0.4, 0.5) is 10.9 Å². The monoisotopic (exact) mass is 537 g/mol. The zero-order chi connectivity index (χ0) is 26.6. The summed E-state index contributed by atoms with van der Waals surface area (Å²) in [6, 6.07) is 7.23. The molecule has 37 heavy (non-hydrogen) atoms. The average molecular weight is 538 g/mol. The van der Waals surface area contributed by atoms with E-state index in [0.717, 1.165) is 75.7 Å². The molecule has 0 saturated heterocycles. The fraction of sp³-hybridized carbons (Fsp3) is 0.519. The maximum Gasteiger partial charge on any atom is 0.215 e. The third-order valence-electron chi connectivity index (χ3n) is 6.15. The maximum absolute atomic E-state index is 6.14. The number of fused-ring (bicyclic) bond motifs is 1. The van der Waals surface area contributed by atoms with E-state index in [4.69, 9.17) is 19.8 Å². The molecule has 0 N–H and O–H groups in total. The van der Waals surface area contributed by atoms with Crippen molar-refractivity contribution in [2.75, 3.05) is 18.2 Å². The van der Waals surface area contributed by atoms with E-state index in [2.05, 4.69) is 62.9 Å². The molecule has 0 aliphatic carbocycles. The molecule has 4 rings (SSSR count). The van der Waals surface area contributed by atoms with Crippen LogP contribution >= 0.6 is 11.3 Å². The largest absolute Gasteiger partial charge is 0.361 e. The van der Waals surface area contributed by atoms with Crippen LogP contribution in [0.1, 0.15) is 50.2 Å². The van der Waals surface area contributed by atoms with Crippen LogP contribution in [0.3, 0.4) is 0 Å². The van der Waals surface area contributed by atoms with E-state index in [9.17, 15) is 0 Å². The highest BCUT2D eigenvalue weighted by molar-refractivity contribution is 7.15. The number of unbranched alkanes of at least 4 members (excludes halogenated alkanes) is 1. The molecule has 0 aromatic carbocycles. The summed E-state index contributed by atoms with van der Waals surface area (Å²) in [5.41, 5.74) is 4.95. The summed E-state index contributed by atoms with van der Waals surface area (Å²) in [7, 11) is 0.785. The number of hydrogen-bond acceptors (Lipinski definition) is 8. The summed E-state index contributed by atoms with van der Waals surface area (Å²) in [6.07, 6.45) is 7.20. The Kier molecular flexibility index (Phi) is 8.71. The topological polar surface area (TPSA) is 81.9 Å². The summed E-state index contributed by atoms with van der Waals surface area (Å²) >= 11 is 1.59. The molecule has 4 aromatic heterocycles. The highest BCUT2D eigenvalue weighted by Crippen LogP contribution is 2.32. The van der Waals surface area contributed by atoms with Gasteiger partial charge in [0.1, 0.15) is 17.6 Å². The Balaban J connectivity index is 1.67. The van der Waals surface area contributed by atoms with Gasteiger partial charge in [-0.25, -0.2) is 4.98 Å². The number of aromatic nitrogens is 6. The lowest BCUT2D eigenvalue weighted by atomic mass is 10.0. The molecule has 0 aliphatic rings. The molecule has 4 heterocycles. The Morgan fingerprint density at radius 3 is 2.65 bits per heavy atom. The number of ether oxygens (including phenoxy) is 1. The Morgan fingerprint density at radius 1 is 1.14 bits per heavy atom. The average Bonchev–Trinajstić information content (AvgIpc) is 3.48. The van der Waals surface area contributed by atoms with Crippen LogP contribution in [-0.2, 0) is 18.2 Å². The normalized spacial score (nSPS) is 12.1. The summed E-state index contributed by atoms with van der Waals surface area (Å²) in [5, 5.41) is 15.4. The Hall–Kier alpha value is -2.69. The molecule has 4 aromatic rings. The van der Waals surface area contributed by atoms with Gasteiger partial charge in [0, 0.05) is 51.2 Å². The van der Waals surface area contributed by atoms with Crippen LogP contribution in [-0.4, -0.2) is 51.4 Å². The minimum absolute atomic E-state index is 0.318. The van der Waals surface area contributed by atoms with Gasteiger partial charge in [0.15, 0.2) is 0 Å². The third kappa shape index (κ3) is 7.00. The molecule has 0 amide bonds. The molecule has 0 atom stereocenters. The van der Waals surface area contributed by atoms with Gasteiger partial charge in [0.05, 0.1) is 16.7 Å². The molecule has 0 bridgehead atoms. The van der Waals surface area contributed by atoms with Gasteiger partial charge in [0.25, 0.3) is 0 Å². The number of nitrogens with zero attached hydrogens (tertiary/aromatic N) is 7. The minimum Gasteiger partial charge on any atom is -0.361 e. The van der Waals surface area contributed by atoms with Crippen molar-refractivity contribution in [2.45, 2.75) is 71.6 Å². The van der Waals surface area contributed by atoms with Crippen molar-refractivity contribution in [1.29, 1.82) is 0 Å². The molecule has 8 nitrogen and oxygen atoms in total. The molecular formula is C27H39N7OSSi. The van der Waals surface area contributed by atoms with E-state index in [1.807, 2.05) is 35.0 Å². The molecule has 0 unspecified atom stereocenters. The summed E-state index contributed by atoms with van der Waals surface area (Å²) in [5.74, 6) is 1.10. The van der Waals surface area contributed by atoms with E-state index in [0.29, 0.717) is 12.6 Å². The second kappa shape index (κ2) is 11.8. The zero-order valence-corrected chi connectivity index (χ0v) is 25.0. The van der Waals surface area contributed by atoms with Gasteiger partial charge in [-0.15, -0.1) is 10.2 Å². The highest BCUT2D eigenvalue weighted by atomic mass is 32.1. The number of aryl methyl sites for hydroxylation is 2. The first-order valence-corrected chi connectivity index (χ1v) is 17.7. The van der Waals surface area contributed by atoms with E-state index in [-0.39, 0.29) is 0 Å². The fourth-order valence-corrected chi connectivity index (χ4v) is 5.52. The quantitative estimate of drug-likeness (QED) is 0.112. The van der Waals surface area contributed by atoms with Gasteiger partial charge in [-0.2, -0.15) is 5.10 Å². The number of pyridine rings is 2. The van der Waals surface area contributed by atoms with Crippen molar-refractivity contribution in [2.24, 2.45) is 7.05 Å². The number of hydrogen-bond donors (Lipinski definition) is 0. The van der Waals surface area contributed by atoms with E-state index in [1.165, 1.54) is 0 Å². The first-order valence-electron chi connectivity index (χ1n) is 13.1. The predicted molar refractivity (Wildman–Crippen MR) is 155 cm³/mol. The summed E-state index contributed by atoms with van der Waals surface area (Å²) < 4.78 is 8.03. The smallest absolute Gasteiger partial charge is 0.215 e. The van der Waals surface area contributed by atoms with Crippen LogP contribution in [0.25, 0.3) is 22.2 Å². The van der Waals surface area contributed by atoms with Crippen molar-refractivity contribution >= 4 is 41.4 Å². The SMILES string of the molecule is CCCCc1nn(C)cc1-c1cnc2ccc(N(COCC[Si](C)(C)C)c3nnc(C(C)C)s3)nc2c1. The van der Waals surface area contributed by atoms with Crippen LogP contribution in [0.5, 0.6) is 0 Å². The molecule has 0 spiro atoms. The van der Waals surface area contributed by atoms with E-state index >= 15 is 0 Å². The van der Waals surface area contributed by atoms with Crippen LogP contribution < -0.4 is 4.90 Å². The Bertz CT molecular complexity index is 1330. The molecule has 0 fully saturated rings. The zero-order valence-electron chi connectivity index (χ0n) is 23.2. The van der Waals surface area contributed by atoms with Gasteiger partial charge in [-0.1, -0.05) is 58.2 Å². The Labute approximate surface area is 225 Å². The van der Waals surface area contributed by atoms with E-state index < -0.39 is 8.07 Å².